The van der Waals surface area contributed by atoms with Crippen LogP contribution < -0.4 is 10.6 Å². The van der Waals surface area contributed by atoms with E-state index in [0.29, 0.717) is 0 Å². The van der Waals surface area contributed by atoms with Gasteiger partial charge in [0.2, 0.25) is 0 Å². The number of benzene rings is 2. The molecule has 0 spiro atoms. The van der Waals surface area contributed by atoms with E-state index in [1.807, 2.05) is 38.4 Å². The second kappa shape index (κ2) is 4.31. The Morgan fingerprint density at radius 3 is 2.74 bits per heavy atom. The molecule has 0 radical (unpaired) electrons. The van der Waals surface area contributed by atoms with E-state index >= 15 is 0 Å². The molecular weight excluding hydrogens is 236 g/mol. The van der Waals surface area contributed by atoms with Crippen molar-refractivity contribution in [2.24, 2.45) is 0 Å². The van der Waals surface area contributed by atoms with Crippen LogP contribution in [0.1, 0.15) is 0 Å². The smallest absolute Gasteiger partial charge is 0.1000 e. The number of hydrogen-bond donors (Lipinski definition) is 2. The monoisotopic (exact) mass is 252 g/mol. The average molecular weight is 252 g/mol. The quantitative estimate of drug-likeness (QED) is 0.689. The fourth-order valence-corrected chi connectivity index (χ4v) is 2.19. The van der Waals surface area contributed by atoms with Gasteiger partial charge in [-0.15, -0.1) is 0 Å². The molecule has 0 amide bonds. The lowest BCUT2D eigenvalue weighted by Gasteiger charge is -2.12. The Bertz CT molecular complexity index is 728. The molecule has 3 aromatic rings. The lowest BCUT2D eigenvalue weighted by atomic mass is 10.1. The predicted molar refractivity (Wildman–Crippen MR) is 80.3 cm³/mol. The van der Waals surface area contributed by atoms with E-state index < -0.39 is 0 Å². The number of aromatic amines is 1. The van der Waals surface area contributed by atoms with Gasteiger partial charge in [0, 0.05) is 36.4 Å². The SMILES string of the molecule is CN(C)c1cccc(-c2n[nH]c3cc(N)ccc23)c1. The Kier molecular flexibility index (Phi) is 2.63. The summed E-state index contributed by atoms with van der Waals surface area (Å²) < 4.78 is 0. The molecule has 3 N–H and O–H groups in total. The van der Waals surface area contributed by atoms with Crippen molar-refractivity contribution < 1.29 is 0 Å². The molecule has 0 saturated heterocycles. The summed E-state index contributed by atoms with van der Waals surface area (Å²) >= 11 is 0. The summed E-state index contributed by atoms with van der Waals surface area (Å²) in [5, 5.41) is 8.53. The number of nitrogens with one attached hydrogen (secondary N) is 1. The third kappa shape index (κ3) is 2.01. The van der Waals surface area contributed by atoms with Crippen LogP contribution >= 0.6 is 0 Å². The molecule has 0 aliphatic carbocycles. The molecular formula is C15H16N4. The van der Waals surface area contributed by atoms with Gasteiger partial charge in [-0.1, -0.05) is 12.1 Å². The number of anilines is 2. The van der Waals surface area contributed by atoms with Gasteiger partial charge in [-0.3, -0.25) is 5.10 Å². The molecule has 1 heterocycles. The average Bonchev–Trinajstić information content (AvgIpc) is 2.81. The van der Waals surface area contributed by atoms with Gasteiger partial charge >= 0.3 is 0 Å². The Balaban J connectivity index is 2.16. The van der Waals surface area contributed by atoms with Gasteiger partial charge in [0.15, 0.2) is 0 Å². The van der Waals surface area contributed by atoms with Crippen LogP contribution in [0.25, 0.3) is 22.2 Å². The van der Waals surface area contributed by atoms with Crippen molar-refractivity contribution in [2.75, 3.05) is 24.7 Å². The molecule has 0 aliphatic rings. The minimum Gasteiger partial charge on any atom is -0.399 e. The van der Waals surface area contributed by atoms with E-state index in [-0.39, 0.29) is 0 Å². The summed E-state index contributed by atoms with van der Waals surface area (Å²) in [4.78, 5) is 2.08. The largest absolute Gasteiger partial charge is 0.399 e. The highest BCUT2D eigenvalue weighted by Gasteiger charge is 2.09. The molecule has 0 saturated carbocycles. The molecule has 0 fully saturated rings. The number of nitrogens with zero attached hydrogens (tertiary/aromatic N) is 2. The minimum absolute atomic E-state index is 0.741. The molecule has 1 aromatic heterocycles. The number of rotatable bonds is 2. The highest BCUT2D eigenvalue weighted by Crippen LogP contribution is 2.29. The first-order chi connectivity index (χ1) is 9.15. The van der Waals surface area contributed by atoms with Crippen LogP contribution in [0.2, 0.25) is 0 Å². The minimum atomic E-state index is 0.741. The second-order valence-electron chi connectivity index (χ2n) is 4.82. The number of fused-ring (bicyclic) bond motifs is 1. The third-order valence-corrected chi connectivity index (χ3v) is 3.22. The third-order valence-electron chi connectivity index (χ3n) is 3.22. The van der Waals surface area contributed by atoms with Crippen LogP contribution in [-0.4, -0.2) is 24.3 Å². The molecule has 19 heavy (non-hydrogen) atoms. The van der Waals surface area contributed by atoms with Crippen molar-refractivity contribution in [3.8, 4) is 11.3 Å². The number of hydrogen-bond acceptors (Lipinski definition) is 3. The lowest BCUT2D eigenvalue weighted by Crippen LogP contribution is -2.08. The first-order valence-electron chi connectivity index (χ1n) is 6.16. The van der Waals surface area contributed by atoms with Crippen molar-refractivity contribution in [1.29, 1.82) is 0 Å². The van der Waals surface area contributed by atoms with Gasteiger partial charge in [-0.2, -0.15) is 5.10 Å². The molecule has 0 bridgehead atoms. The Labute approximate surface area is 111 Å². The molecule has 2 aromatic carbocycles. The summed E-state index contributed by atoms with van der Waals surface area (Å²) in [6, 6.07) is 14.1. The van der Waals surface area contributed by atoms with Crippen molar-refractivity contribution in [1.82, 2.24) is 10.2 Å². The fourth-order valence-electron chi connectivity index (χ4n) is 2.19. The normalized spacial score (nSPS) is 10.8. The van der Waals surface area contributed by atoms with E-state index in [4.69, 9.17) is 5.73 Å². The van der Waals surface area contributed by atoms with Crippen molar-refractivity contribution in [2.45, 2.75) is 0 Å². The highest BCUT2D eigenvalue weighted by molar-refractivity contribution is 5.94. The second-order valence-corrected chi connectivity index (χ2v) is 4.82. The van der Waals surface area contributed by atoms with E-state index in [2.05, 4.69) is 33.3 Å². The van der Waals surface area contributed by atoms with Crippen LogP contribution in [0.4, 0.5) is 11.4 Å². The van der Waals surface area contributed by atoms with Crippen molar-refractivity contribution in [3.05, 3.63) is 42.5 Å². The fraction of sp³-hybridized carbons (Fsp3) is 0.133. The summed E-state index contributed by atoms with van der Waals surface area (Å²) in [6.45, 7) is 0. The van der Waals surface area contributed by atoms with E-state index in [1.54, 1.807) is 0 Å². The predicted octanol–water partition coefficient (Wildman–Crippen LogP) is 2.88. The van der Waals surface area contributed by atoms with Gasteiger partial charge in [0.05, 0.1) is 11.2 Å². The van der Waals surface area contributed by atoms with Crippen molar-refractivity contribution in [3.63, 3.8) is 0 Å². The van der Waals surface area contributed by atoms with E-state index in [9.17, 15) is 0 Å². The maximum atomic E-state index is 5.78. The Morgan fingerprint density at radius 2 is 1.95 bits per heavy atom. The highest BCUT2D eigenvalue weighted by atomic mass is 15.1. The topological polar surface area (TPSA) is 57.9 Å². The van der Waals surface area contributed by atoms with Crippen LogP contribution in [0, 0.1) is 0 Å². The molecule has 96 valence electrons. The molecule has 4 heteroatoms. The summed E-state index contributed by atoms with van der Waals surface area (Å²) in [5.74, 6) is 0. The summed E-state index contributed by atoms with van der Waals surface area (Å²) in [7, 11) is 4.06. The number of nitrogens with two attached hydrogens (primary N) is 1. The van der Waals surface area contributed by atoms with E-state index in [1.165, 1.54) is 0 Å². The van der Waals surface area contributed by atoms with Crippen LogP contribution in [0.3, 0.4) is 0 Å². The van der Waals surface area contributed by atoms with Crippen molar-refractivity contribution >= 4 is 22.3 Å². The summed E-state index contributed by atoms with van der Waals surface area (Å²) in [6.07, 6.45) is 0. The van der Waals surface area contributed by atoms with Gasteiger partial charge in [0.1, 0.15) is 0 Å². The zero-order valence-electron chi connectivity index (χ0n) is 11.0. The first-order valence-corrected chi connectivity index (χ1v) is 6.16. The maximum absolute atomic E-state index is 5.78. The van der Waals surface area contributed by atoms with Gasteiger partial charge in [0.25, 0.3) is 0 Å². The zero-order chi connectivity index (χ0) is 13.4. The molecule has 4 nitrogen and oxygen atoms in total. The standard InChI is InChI=1S/C15H16N4/c1-19(2)12-5-3-4-10(8-12)15-13-7-6-11(16)9-14(13)17-18-15/h3-9H,16H2,1-2H3,(H,17,18). The lowest BCUT2D eigenvalue weighted by molar-refractivity contribution is 1.11. The number of H-pyrrole nitrogens is 1. The van der Waals surface area contributed by atoms with Crippen LogP contribution in [-0.2, 0) is 0 Å². The number of nitrogen functional groups attached to an aromatic ring is 1. The molecule has 0 unspecified atom stereocenters. The molecule has 0 atom stereocenters. The van der Waals surface area contributed by atoms with Crippen LogP contribution in [0.5, 0.6) is 0 Å². The maximum Gasteiger partial charge on any atom is 0.1000 e. The molecule has 3 rings (SSSR count). The van der Waals surface area contributed by atoms with E-state index in [0.717, 1.165) is 33.5 Å². The number of aromatic nitrogens is 2. The van der Waals surface area contributed by atoms with Gasteiger partial charge in [-0.25, -0.2) is 0 Å². The zero-order valence-corrected chi connectivity index (χ0v) is 11.0. The first kappa shape index (κ1) is 11.6. The summed E-state index contributed by atoms with van der Waals surface area (Å²) in [5.41, 5.74) is 10.7. The van der Waals surface area contributed by atoms with Gasteiger partial charge < -0.3 is 10.6 Å². The molecule has 0 aliphatic heterocycles. The van der Waals surface area contributed by atoms with Crippen LogP contribution in [0.15, 0.2) is 42.5 Å². The Morgan fingerprint density at radius 1 is 1.11 bits per heavy atom. The van der Waals surface area contributed by atoms with Gasteiger partial charge in [-0.05, 0) is 30.3 Å². The Hall–Kier alpha value is -2.49.